The number of hydrogen-bond donors (Lipinski definition) is 1. The van der Waals surface area contributed by atoms with Gasteiger partial charge in [-0.15, -0.1) is 0 Å². The first-order valence-corrected chi connectivity index (χ1v) is 6.81. The maximum atomic E-state index is 10.2. The van der Waals surface area contributed by atoms with Gasteiger partial charge < -0.3 is 9.67 Å². The van der Waals surface area contributed by atoms with Crippen LogP contribution in [0.25, 0.3) is 22.4 Å². The highest BCUT2D eigenvalue weighted by Gasteiger charge is 2.15. The molecule has 1 N–H and O–H groups in total. The third kappa shape index (κ3) is 2.03. The molecule has 102 valence electrons. The quantitative estimate of drug-likeness (QED) is 0.790. The van der Waals surface area contributed by atoms with Gasteiger partial charge in [0, 0.05) is 12.7 Å². The van der Waals surface area contributed by atoms with Gasteiger partial charge in [0.05, 0.1) is 17.3 Å². The molecule has 1 aromatic carbocycles. The number of benzene rings is 1. The molecule has 0 unspecified atom stereocenters. The summed E-state index contributed by atoms with van der Waals surface area (Å²) in [6.45, 7) is 4.96. The lowest BCUT2D eigenvalue weighted by molar-refractivity contribution is 0.476. The number of nitrogens with zero attached hydrogens (tertiary/aromatic N) is 3. The molecular weight excluding hydrogens is 250 g/mol. The second kappa shape index (κ2) is 4.96. The van der Waals surface area contributed by atoms with Gasteiger partial charge in [-0.1, -0.05) is 13.0 Å². The number of phenolic OH excluding ortho intramolecular Hbond substituents is 1. The molecule has 0 aliphatic rings. The number of phenols is 1. The van der Waals surface area contributed by atoms with Gasteiger partial charge in [-0.2, -0.15) is 0 Å². The lowest BCUT2D eigenvalue weighted by Gasteiger charge is -2.09. The zero-order chi connectivity index (χ0) is 14.1. The smallest absolute Gasteiger partial charge is 0.144 e. The number of aryl methyl sites for hydroxylation is 2. The SMILES string of the molecule is CCCn1c(-c2ccc(C)cc2O)nc2cnccc21. The second-order valence-electron chi connectivity index (χ2n) is 4.97. The van der Waals surface area contributed by atoms with Crippen LogP contribution in [0, 0.1) is 6.92 Å². The van der Waals surface area contributed by atoms with Gasteiger partial charge in [0.2, 0.25) is 0 Å². The second-order valence-corrected chi connectivity index (χ2v) is 4.97. The summed E-state index contributed by atoms with van der Waals surface area (Å²) in [7, 11) is 0. The maximum absolute atomic E-state index is 10.2. The highest BCUT2D eigenvalue weighted by Crippen LogP contribution is 2.31. The summed E-state index contributed by atoms with van der Waals surface area (Å²) in [5, 5.41) is 10.2. The number of fused-ring (bicyclic) bond motifs is 1. The zero-order valence-corrected chi connectivity index (χ0v) is 11.7. The highest BCUT2D eigenvalue weighted by molar-refractivity contribution is 5.81. The van der Waals surface area contributed by atoms with Crippen molar-refractivity contribution in [2.45, 2.75) is 26.8 Å². The summed E-state index contributed by atoms with van der Waals surface area (Å²) in [5.41, 5.74) is 3.71. The van der Waals surface area contributed by atoms with Crippen molar-refractivity contribution < 1.29 is 5.11 Å². The molecule has 4 heteroatoms. The molecule has 3 aromatic rings. The summed E-state index contributed by atoms with van der Waals surface area (Å²) in [6.07, 6.45) is 4.54. The van der Waals surface area contributed by atoms with Gasteiger partial charge in [0.25, 0.3) is 0 Å². The monoisotopic (exact) mass is 267 g/mol. The largest absolute Gasteiger partial charge is 0.507 e. The van der Waals surface area contributed by atoms with E-state index >= 15 is 0 Å². The predicted octanol–water partition coefficient (Wildman–Crippen LogP) is 3.52. The molecule has 0 radical (unpaired) electrons. The number of hydrogen-bond acceptors (Lipinski definition) is 3. The van der Waals surface area contributed by atoms with E-state index in [1.54, 1.807) is 18.5 Å². The van der Waals surface area contributed by atoms with Crippen molar-refractivity contribution in [2.24, 2.45) is 0 Å². The molecule has 0 saturated heterocycles. The van der Waals surface area contributed by atoms with Crippen LogP contribution < -0.4 is 0 Å². The van der Waals surface area contributed by atoms with Crippen molar-refractivity contribution in [2.75, 3.05) is 0 Å². The normalized spacial score (nSPS) is 11.1. The summed E-state index contributed by atoms with van der Waals surface area (Å²) >= 11 is 0. The molecule has 0 fully saturated rings. The number of pyridine rings is 1. The van der Waals surface area contributed by atoms with E-state index < -0.39 is 0 Å². The molecule has 0 amide bonds. The Labute approximate surface area is 117 Å². The third-order valence-electron chi connectivity index (χ3n) is 3.39. The molecular formula is C16H17N3O. The van der Waals surface area contributed by atoms with Crippen LogP contribution in [0.2, 0.25) is 0 Å². The number of aromatic hydroxyl groups is 1. The maximum Gasteiger partial charge on any atom is 0.144 e. The average molecular weight is 267 g/mol. The first-order valence-electron chi connectivity index (χ1n) is 6.81. The van der Waals surface area contributed by atoms with Crippen molar-refractivity contribution in [3.8, 4) is 17.1 Å². The van der Waals surface area contributed by atoms with E-state index in [1.807, 2.05) is 25.1 Å². The van der Waals surface area contributed by atoms with Crippen molar-refractivity contribution in [1.29, 1.82) is 0 Å². The number of imidazole rings is 1. The minimum atomic E-state index is 0.269. The molecule has 0 spiro atoms. The Balaban J connectivity index is 2.26. The first kappa shape index (κ1) is 12.7. The van der Waals surface area contributed by atoms with Gasteiger partial charge in [-0.25, -0.2) is 4.98 Å². The van der Waals surface area contributed by atoms with Crippen molar-refractivity contribution >= 4 is 11.0 Å². The van der Waals surface area contributed by atoms with E-state index in [0.29, 0.717) is 0 Å². The molecule has 2 aromatic heterocycles. The van der Waals surface area contributed by atoms with Crippen LogP contribution in [0.1, 0.15) is 18.9 Å². The van der Waals surface area contributed by atoms with Crippen LogP contribution in [0.3, 0.4) is 0 Å². The lowest BCUT2D eigenvalue weighted by atomic mass is 10.1. The Morgan fingerprint density at radius 3 is 2.85 bits per heavy atom. The van der Waals surface area contributed by atoms with E-state index in [0.717, 1.165) is 41.0 Å². The standard InChI is InChI=1S/C16H17N3O/c1-3-8-19-14-6-7-17-10-13(14)18-16(19)12-5-4-11(2)9-15(12)20/h4-7,9-10,20H,3,8H2,1-2H3. The van der Waals surface area contributed by atoms with Gasteiger partial charge in [-0.05, 0) is 37.1 Å². The molecule has 0 bridgehead atoms. The molecule has 0 aliphatic heterocycles. The van der Waals surface area contributed by atoms with E-state index in [-0.39, 0.29) is 5.75 Å². The molecule has 4 nitrogen and oxygen atoms in total. The van der Waals surface area contributed by atoms with Crippen LogP contribution in [-0.4, -0.2) is 19.6 Å². The number of aromatic nitrogens is 3. The topological polar surface area (TPSA) is 50.9 Å². The molecule has 3 rings (SSSR count). The minimum Gasteiger partial charge on any atom is -0.507 e. The van der Waals surface area contributed by atoms with Crippen LogP contribution in [0.5, 0.6) is 5.75 Å². The van der Waals surface area contributed by atoms with Crippen molar-refractivity contribution in [3.63, 3.8) is 0 Å². The summed E-state index contributed by atoms with van der Waals surface area (Å²) in [5.74, 6) is 1.07. The van der Waals surface area contributed by atoms with Crippen LogP contribution in [-0.2, 0) is 6.54 Å². The van der Waals surface area contributed by atoms with Crippen LogP contribution in [0.4, 0.5) is 0 Å². The van der Waals surface area contributed by atoms with Gasteiger partial charge in [0.15, 0.2) is 0 Å². The Hall–Kier alpha value is -2.36. The molecule has 20 heavy (non-hydrogen) atoms. The fraction of sp³-hybridized carbons (Fsp3) is 0.250. The van der Waals surface area contributed by atoms with Gasteiger partial charge in [-0.3, -0.25) is 4.98 Å². The molecule has 0 atom stereocenters. The Kier molecular flexibility index (Phi) is 3.14. The fourth-order valence-electron chi connectivity index (χ4n) is 2.47. The lowest BCUT2D eigenvalue weighted by Crippen LogP contribution is -2.00. The van der Waals surface area contributed by atoms with Crippen LogP contribution >= 0.6 is 0 Å². The molecule has 0 aliphatic carbocycles. The summed E-state index contributed by atoms with van der Waals surface area (Å²) in [4.78, 5) is 8.75. The predicted molar refractivity (Wildman–Crippen MR) is 79.7 cm³/mol. The van der Waals surface area contributed by atoms with Gasteiger partial charge in [0.1, 0.15) is 17.1 Å². The van der Waals surface area contributed by atoms with Crippen molar-refractivity contribution in [3.05, 3.63) is 42.2 Å². The van der Waals surface area contributed by atoms with E-state index in [1.165, 1.54) is 0 Å². The third-order valence-corrected chi connectivity index (χ3v) is 3.39. The van der Waals surface area contributed by atoms with Gasteiger partial charge >= 0.3 is 0 Å². The average Bonchev–Trinajstić information content (AvgIpc) is 2.78. The Bertz CT molecular complexity index is 762. The summed E-state index contributed by atoms with van der Waals surface area (Å²) < 4.78 is 2.14. The van der Waals surface area contributed by atoms with E-state index in [2.05, 4.69) is 21.5 Å². The zero-order valence-electron chi connectivity index (χ0n) is 11.7. The van der Waals surface area contributed by atoms with Crippen LogP contribution in [0.15, 0.2) is 36.7 Å². The molecule has 0 saturated carbocycles. The van der Waals surface area contributed by atoms with E-state index in [4.69, 9.17) is 0 Å². The first-order chi connectivity index (χ1) is 9.70. The fourth-order valence-corrected chi connectivity index (χ4v) is 2.47. The van der Waals surface area contributed by atoms with Crippen molar-refractivity contribution in [1.82, 2.24) is 14.5 Å². The Morgan fingerprint density at radius 2 is 2.10 bits per heavy atom. The summed E-state index contributed by atoms with van der Waals surface area (Å²) in [6, 6.07) is 7.64. The van der Waals surface area contributed by atoms with E-state index in [9.17, 15) is 5.11 Å². The highest BCUT2D eigenvalue weighted by atomic mass is 16.3. The number of rotatable bonds is 3. The Morgan fingerprint density at radius 1 is 1.25 bits per heavy atom. The molecule has 2 heterocycles. The minimum absolute atomic E-state index is 0.269.